The number of fused-ring (bicyclic) bond motifs is 1. The average Bonchev–Trinajstić information content (AvgIpc) is 2.99. The van der Waals surface area contributed by atoms with Crippen LogP contribution in [0.4, 0.5) is 0 Å². The molecule has 17 heavy (non-hydrogen) atoms. The zero-order chi connectivity index (χ0) is 11.7. The van der Waals surface area contributed by atoms with E-state index in [4.69, 9.17) is 4.74 Å². The van der Waals surface area contributed by atoms with Crippen LogP contribution in [0.1, 0.15) is 24.3 Å². The van der Waals surface area contributed by atoms with Crippen LogP contribution < -0.4 is 0 Å². The first-order valence-corrected chi connectivity index (χ1v) is 7.02. The molecule has 1 fully saturated rings. The Morgan fingerprint density at radius 3 is 3.12 bits per heavy atom. The van der Waals surface area contributed by atoms with Gasteiger partial charge in [-0.2, -0.15) is 5.26 Å². The Balaban J connectivity index is 1.82. The molecule has 2 unspecified atom stereocenters. The van der Waals surface area contributed by atoms with Crippen molar-refractivity contribution in [3.05, 3.63) is 29.8 Å². The van der Waals surface area contributed by atoms with E-state index in [1.54, 1.807) is 0 Å². The van der Waals surface area contributed by atoms with Crippen molar-refractivity contribution in [2.24, 2.45) is 5.41 Å². The standard InChI is InChI=1S/C14H15NOS/c15-9-14(5-6-16-10-14)7-11-8-17-13-4-2-1-3-12(11)13/h1-4,11H,5-8,10H2. The van der Waals surface area contributed by atoms with E-state index in [2.05, 4.69) is 30.3 Å². The molecule has 0 saturated carbocycles. The molecule has 0 aliphatic carbocycles. The summed E-state index contributed by atoms with van der Waals surface area (Å²) in [6.07, 6.45) is 1.85. The second-order valence-corrected chi connectivity index (χ2v) is 6.01. The molecule has 3 rings (SSSR count). The third-order valence-electron chi connectivity index (χ3n) is 3.78. The van der Waals surface area contributed by atoms with Crippen molar-refractivity contribution < 1.29 is 4.74 Å². The van der Waals surface area contributed by atoms with Gasteiger partial charge in [-0.15, -0.1) is 11.8 Å². The molecule has 0 N–H and O–H groups in total. The average molecular weight is 245 g/mol. The highest BCUT2D eigenvalue weighted by molar-refractivity contribution is 7.99. The van der Waals surface area contributed by atoms with Gasteiger partial charge < -0.3 is 4.74 Å². The Hall–Kier alpha value is -0.980. The van der Waals surface area contributed by atoms with Gasteiger partial charge in [-0.1, -0.05) is 18.2 Å². The maximum Gasteiger partial charge on any atom is 0.0834 e. The zero-order valence-electron chi connectivity index (χ0n) is 9.69. The highest BCUT2D eigenvalue weighted by Gasteiger charge is 2.39. The molecule has 2 aliphatic rings. The summed E-state index contributed by atoms with van der Waals surface area (Å²) in [5.41, 5.74) is 1.20. The molecule has 1 saturated heterocycles. The maximum atomic E-state index is 9.39. The quantitative estimate of drug-likeness (QED) is 0.802. The highest BCUT2D eigenvalue weighted by Crippen LogP contribution is 2.46. The van der Waals surface area contributed by atoms with Gasteiger partial charge in [-0.3, -0.25) is 0 Å². The third-order valence-corrected chi connectivity index (χ3v) is 5.03. The number of nitriles is 1. The Morgan fingerprint density at radius 1 is 1.47 bits per heavy atom. The Kier molecular flexibility index (Phi) is 2.85. The van der Waals surface area contributed by atoms with Gasteiger partial charge in [-0.25, -0.2) is 0 Å². The van der Waals surface area contributed by atoms with Crippen LogP contribution in [0.5, 0.6) is 0 Å². The molecule has 2 aliphatic heterocycles. The van der Waals surface area contributed by atoms with Gasteiger partial charge in [0, 0.05) is 17.3 Å². The molecular formula is C14H15NOS. The van der Waals surface area contributed by atoms with Gasteiger partial charge in [0.25, 0.3) is 0 Å². The predicted molar refractivity (Wildman–Crippen MR) is 68.0 cm³/mol. The fourth-order valence-corrected chi connectivity index (χ4v) is 4.03. The largest absolute Gasteiger partial charge is 0.380 e. The number of hydrogen-bond donors (Lipinski definition) is 0. The summed E-state index contributed by atoms with van der Waals surface area (Å²) in [7, 11) is 0. The lowest BCUT2D eigenvalue weighted by Crippen LogP contribution is -2.22. The first-order chi connectivity index (χ1) is 8.33. The van der Waals surface area contributed by atoms with Crippen molar-refractivity contribution in [3.8, 4) is 6.07 Å². The van der Waals surface area contributed by atoms with Crippen LogP contribution in [0.15, 0.2) is 29.2 Å². The molecule has 0 bridgehead atoms. The minimum atomic E-state index is -0.233. The van der Waals surface area contributed by atoms with Crippen molar-refractivity contribution in [3.63, 3.8) is 0 Å². The normalized spacial score (nSPS) is 31.1. The fraction of sp³-hybridized carbons (Fsp3) is 0.500. The van der Waals surface area contributed by atoms with E-state index < -0.39 is 0 Å². The molecule has 0 aromatic heterocycles. The van der Waals surface area contributed by atoms with Crippen LogP contribution in [0.25, 0.3) is 0 Å². The molecule has 3 heteroatoms. The van der Waals surface area contributed by atoms with Crippen LogP contribution in [-0.2, 0) is 4.74 Å². The second-order valence-electron chi connectivity index (χ2n) is 4.94. The number of hydrogen-bond acceptors (Lipinski definition) is 3. The van der Waals surface area contributed by atoms with Crippen LogP contribution in [0, 0.1) is 16.7 Å². The van der Waals surface area contributed by atoms with Gasteiger partial charge >= 0.3 is 0 Å². The number of thioether (sulfide) groups is 1. The second kappa shape index (κ2) is 4.36. The maximum absolute atomic E-state index is 9.39. The van der Waals surface area contributed by atoms with E-state index in [1.165, 1.54) is 10.5 Å². The van der Waals surface area contributed by atoms with Gasteiger partial charge in [0.15, 0.2) is 0 Å². The van der Waals surface area contributed by atoms with Gasteiger partial charge in [0.2, 0.25) is 0 Å². The summed E-state index contributed by atoms with van der Waals surface area (Å²) >= 11 is 1.92. The van der Waals surface area contributed by atoms with E-state index in [0.717, 1.165) is 25.2 Å². The van der Waals surface area contributed by atoms with Crippen molar-refractivity contribution in [2.45, 2.75) is 23.7 Å². The zero-order valence-corrected chi connectivity index (χ0v) is 10.5. The molecule has 2 heterocycles. The SMILES string of the molecule is N#CC1(CC2CSc3ccccc32)CCOC1. The molecule has 88 valence electrons. The van der Waals surface area contributed by atoms with Crippen molar-refractivity contribution >= 4 is 11.8 Å². The molecule has 1 aromatic carbocycles. The Labute approximate surface area is 106 Å². The monoisotopic (exact) mass is 245 g/mol. The van der Waals surface area contributed by atoms with Crippen LogP contribution in [0.2, 0.25) is 0 Å². The lowest BCUT2D eigenvalue weighted by molar-refractivity contribution is 0.166. The fourth-order valence-electron chi connectivity index (χ4n) is 2.77. The molecule has 2 nitrogen and oxygen atoms in total. The Morgan fingerprint density at radius 2 is 2.35 bits per heavy atom. The summed E-state index contributed by atoms with van der Waals surface area (Å²) < 4.78 is 5.42. The smallest absolute Gasteiger partial charge is 0.0834 e. The summed E-state index contributed by atoms with van der Waals surface area (Å²) in [6, 6.07) is 11.1. The van der Waals surface area contributed by atoms with Crippen LogP contribution in [-0.4, -0.2) is 19.0 Å². The van der Waals surface area contributed by atoms with Gasteiger partial charge in [0.05, 0.1) is 18.1 Å². The number of ether oxygens (including phenoxy) is 1. The molecule has 1 aromatic rings. The molecule has 0 spiro atoms. The molecule has 2 atom stereocenters. The molecular weight excluding hydrogens is 230 g/mol. The summed E-state index contributed by atoms with van der Waals surface area (Å²) in [5, 5.41) is 9.39. The number of benzene rings is 1. The van der Waals surface area contributed by atoms with Crippen LogP contribution >= 0.6 is 11.8 Å². The highest BCUT2D eigenvalue weighted by atomic mass is 32.2. The first-order valence-electron chi connectivity index (χ1n) is 6.04. The minimum absolute atomic E-state index is 0.233. The van der Waals surface area contributed by atoms with E-state index >= 15 is 0 Å². The first kappa shape index (κ1) is 11.1. The van der Waals surface area contributed by atoms with Gasteiger partial charge in [-0.05, 0) is 30.4 Å². The van der Waals surface area contributed by atoms with E-state index in [0.29, 0.717) is 12.5 Å². The lowest BCUT2D eigenvalue weighted by Gasteiger charge is -2.22. The van der Waals surface area contributed by atoms with E-state index in [9.17, 15) is 5.26 Å². The summed E-state index contributed by atoms with van der Waals surface area (Å²) in [4.78, 5) is 1.39. The summed E-state index contributed by atoms with van der Waals surface area (Å²) in [5.74, 6) is 1.64. The predicted octanol–water partition coefficient (Wildman–Crippen LogP) is 3.20. The lowest BCUT2D eigenvalue weighted by atomic mass is 9.78. The number of nitrogens with zero attached hydrogens (tertiary/aromatic N) is 1. The Bertz CT molecular complexity index is 460. The van der Waals surface area contributed by atoms with Gasteiger partial charge in [0.1, 0.15) is 0 Å². The topological polar surface area (TPSA) is 33.0 Å². The minimum Gasteiger partial charge on any atom is -0.380 e. The number of rotatable bonds is 2. The summed E-state index contributed by atoms with van der Waals surface area (Å²) in [6.45, 7) is 1.36. The van der Waals surface area contributed by atoms with E-state index in [-0.39, 0.29) is 5.41 Å². The molecule has 0 radical (unpaired) electrons. The third kappa shape index (κ3) is 1.96. The van der Waals surface area contributed by atoms with Crippen molar-refractivity contribution in [2.75, 3.05) is 19.0 Å². The van der Waals surface area contributed by atoms with Crippen molar-refractivity contribution in [1.82, 2.24) is 0 Å². The van der Waals surface area contributed by atoms with E-state index in [1.807, 2.05) is 11.8 Å². The van der Waals surface area contributed by atoms with Crippen molar-refractivity contribution in [1.29, 1.82) is 5.26 Å². The van der Waals surface area contributed by atoms with Crippen LogP contribution in [0.3, 0.4) is 0 Å². The molecule has 0 amide bonds.